The molecule has 0 heterocycles. The van der Waals surface area contributed by atoms with Crippen molar-refractivity contribution in [1.29, 1.82) is 5.26 Å². The zero-order valence-electron chi connectivity index (χ0n) is 15.9. The summed E-state index contributed by atoms with van der Waals surface area (Å²) in [5.41, 5.74) is 2.05. The summed E-state index contributed by atoms with van der Waals surface area (Å²) in [6.45, 7) is 5.21. The van der Waals surface area contributed by atoms with Crippen molar-refractivity contribution in [2.45, 2.75) is 45.6 Å². The summed E-state index contributed by atoms with van der Waals surface area (Å²) < 4.78 is 5.31. The van der Waals surface area contributed by atoms with Crippen molar-refractivity contribution in [2.75, 3.05) is 26.8 Å². The number of hydrogen-bond acceptors (Lipinski definition) is 3. The van der Waals surface area contributed by atoms with Crippen LogP contribution in [0.1, 0.15) is 50.2 Å². The van der Waals surface area contributed by atoms with Crippen LogP contribution in [-0.4, -0.2) is 32.8 Å². The summed E-state index contributed by atoms with van der Waals surface area (Å²) in [7, 11) is 1.77. The number of aliphatic imine (C=N–C) groups is 1. The van der Waals surface area contributed by atoms with Crippen LogP contribution >= 0.6 is 24.0 Å². The Bertz CT molecular complexity index is 606. The summed E-state index contributed by atoms with van der Waals surface area (Å²) in [5.74, 6) is 0.841. The second-order valence-electron chi connectivity index (χ2n) is 6.81. The third-order valence-corrected chi connectivity index (χ3v) is 4.95. The van der Waals surface area contributed by atoms with E-state index < -0.39 is 0 Å². The highest BCUT2D eigenvalue weighted by Crippen LogP contribution is 2.40. The average molecular weight is 470 g/mol. The number of methoxy groups -OCH3 is 1. The van der Waals surface area contributed by atoms with Crippen LogP contribution < -0.4 is 10.6 Å². The molecule has 1 aromatic carbocycles. The molecule has 1 saturated carbocycles. The highest BCUT2D eigenvalue weighted by molar-refractivity contribution is 14.0. The van der Waals surface area contributed by atoms with E-state index in [1.165, 1.54) is 25.7 Å². The van der Waals surface area contributed by atoms with Gasteiger partial charge >= 0.3 is 0 Å². The highest BCUT2D eigenvalue weighted by Gasteiger charge is 2.33. The molecule has 0 amide bonds. The molecule has 144 valence electrons. The molecule has 6 heteroatoms. The Labute approximate surface area is 174 Å². The van der Waals surface area contributed by atoms with Crippen LogP contribution in [0.15, 0.2) is 29.3 Å². The number of rotatable bonds is 8. The lowest BCUT2D eigenvalue weighted by Gasteiger charge is -2.30. The number of guanidine groups is 1. The van der Waals surface area contributed by atoms with E-state index in [1.54, 1.807) is 7.11 Å². The van der Waals surface area contributed by atoms with Crippen LogP contribution in [0.25, 0.3) is 0 Å². The Morgan fingerprint density at radius 2 is 2.08 bits per heavy atom. The molecule has 1 aromatic rings. The number of benzene rings is 1. The first kappa shape index (κ1) is 22.7. The third kappa shape index (κ3) is 7.12. The van der Waals surface area contributed by atoms with E-state index in [1.807, 2.05) is 24.3 Å². The molecule has 2 N–H and O–H groups in total. The Morgan fingerprint density at radius 1 is 1.31 bits per heavy atom. The monoisotopic (exact) mass is 470 g/mol. The van der Waals surface area contributed by atoms with Crippen molar-refractivity contribution < 1.29 is 4.74 Å². The van der Waals surface area contributed by atoms with Gasteiger partial charge in [-0.2, -0.15) is 5.26 Å². The van der Waals surface area contributed by atoms with Crippen molar-refractivity contribution in [3.05, 3.63) is 35.4 Å². The summed E-state index contributed by atoms with van der Waals surface area (Å²) >= 11 is 0. The van der Waals surface area contributed by atoms with Crippen molar-refractivity contribution in [3.8, 4) is 6.07 Å². The first-order valence-corrected chi connectivity index (χ1v) is 9.21. The molecule has 0 aromatic heterocycles. The van der Waals surface area contributed by atoms with Gasteiger partial charge in [0, 0.05) is 26.8 Å². The van der Waals surface area contributed by atoms with E-state index in [9.17, 15) is 0 Å². The summed E-state index contributed by atoms with van der Waals surface area (Å²) in [4.78, 5) is 4.69. The normalized spacial score (nSPS) is 15.8. The topological polar surface area (TPSA) is 69.4 Å². The minimum atomic E-state index is 0. The number of hydrogen-bond donors (Lipinski definition) is 2. The predicted molar refractivity (Wildman–Crippen MR) is 117 cm³/mol. The first-order chi connectivity index (χ1) is 12.2. The van der Waals surface area contributed by atoms with Gasteiger partial charge in [0.15, 0.2) is 5.96 Å². The van der Waals surface area contributed by atoms with Gasteiger partial charge in [-0.05, 0) is 49.3 Å². The summed E-state index contributed by atoms with van der Waals surface area (Å²) in [6, 6.07) is 9.79. The lowest BCUT2D eigenvalue weighted by Crippen LogP contribution is -2.43. The van der Waals surface area contributed by atoms with Gasteiger partial charge in [0.05, 0.1) is 18.2 Å². The van der Waals surface area contributed by atoms with E-state index >= 15 is 0 Å². The Hall–Kier alpha value is -1.33. The number of halogens is 1. The van der Waals surface area contributed by atoms with Crippen LogP contribution in [0.5, 0.6) is 0 Å². The SMILES string of the molecule is CCNC(=NCc1cccc(C#N)c1)NCC1(CCOC)CCCC1.I. The van der Waals surface area contributed by atoms with Crippen molar-refractivity contribution in [3.63, 3.8) is 0 Å². The van der Waals surface area contributed by atoms with Gasteiger partial charge in [-0.1, -0.05) is 25.0 Å². The smallest absolute Gasteiger partial charge is 0.191 e. The van der Waals surface area contributed by atoms with E-state index in [-0.39, 0.29) is 24.0 Å². The van der Waals surface area contributed by atoms with Gasteiger partial charge < -0.3 is 15.4 Å². The van der Waals surface area contributed by atoms with Crippen LogP contribution in [0.4, 0.5) is 0 Å². The van der Waals surface area contributed by atoms with E-state index in [4.69, 9.17) is 10.00 Å². The molecule has 0 bridgehead atoms. The van der Waals surface area contributed by atoms with Gasteiger partial charge in [-0.25, -0.2) is 4.99 Å². The fourth-order valence-electron chi connectivity index (χ4n) is 3.48. The zero-order valence-corrected chi connectivity index (χ0v) is 18.2. The highest BCUT2D eigenvalue weighted by atomic mass is 127. The molecule has 1 aliphatic carbocycles. The molecule has 0 saturated heterocycles. The average Bonchev–Trinajstić information content (AvgIpc) is 3.11. The maximum atomic E-state index is 9.01. The molecule has 0 radical (unpaired) electrons. The molecule has 26 heavy (non-hydrogen) atoms. The number of nitrogens with zero attached hydrogens (tertiary/aromatic N) is 2. The summed E-state index contributed by atoms with van der Waals surface area (Å²) in [6.07, 6.45) is 6.22. The minimum Gasteiger partial charge on any atom is -0.385 e. The predicted octanol–water partition coefficient (Wildman–Crippen LogP) is 3.83. The van der Waals surface area contributed by atoms with Gasteiger partial charge in [0.25, 0.3) is 0 Å². The zero-order chi connectivity index (χ0) is 18.0. The summed E-state index contributed by atoms with van der Waals surface area (Å²) in [5, 5.41) is 15.9. The van der Waals surface area contributed by atoms with Gasteiger partial charge in [-0.15, -0.1) is 24.0 Å². The maximum absolute atomic E-state index is 9.01. The van der Waals surface area contributed by atoms with E-state index in [0.717, 1.165) is 37.6 Å². The Kier molecular flexibility index (Phi) is 10.6. The molecule has 0 spiro atoms. The van der Waals surface area contributed by atoms with E-state index in [2.05, 4.69) is 28.6 Å². The number of ether oxygens (including phenoxy) is 1. The first-order valence-electron chi connectivity index (χ1n) is 9.21. The second-order valence-corrected chi connectivity index (χ2v) is 6.81. The largest absolute Gasteiger partial charge is 0.385 e. The fraction of sp³-hybridized carbons (Fsp3) is 0.600. The quantitative estimate of drug-likeness (QED) is 0.344. The van der Waals surface area contributed by atoms with Crippen LogP contribution in [0.2, 0.25) is 0 Å². The number of nitrogens with one attached hydrogen (secondary N) is 2. The van der Waals surface area contributed by atoms with Gasteiger partial charge in [-0.3, -0.25) is 0 Å². The molecule has 0 aliphatic heterocycles. The molecule has 1 aliphatic rings. The van der Waals surface area contributed by atoms with Crippen LogP contribution in [0.3, 0.4) is 0 Å². The molecular weight excluding hydrogens is 439 g/mol. The third-order valence-electron chi connectivity index (χ3n) is 4.95. The molecule has 1 fully saturated rings. The van der Waals surface area contributed by atoms with Crippen LogP contribution in [-0.2, 0) is 11.3 Å². The van der Waals surface area contributed by atoms with Crippen molar-refractivity contribution in [2.24, 2.45) is 10.4 Å². The Morgan fingerprint density at radius 3 is 2.73 bits per heavy atom. The van der Waals surface area contributed by atoms with Gasteiger partial charge in [0.1, 0.15) is 0 Å². The molecule has 2 rings (SSSR count). The minimum absolute atomic E-state index is 0. The number of nitriles is 1. The van der Waals surface area contributed by atoms with Crippen molar-refractivity contribution >= 4 is 29.9 Å². The van der Waals surface area contributed by atoms with E-state index in [0.29, 0.717) is 17.5 Å². The maximum Gasteiger partial charge on any atom is 0.191 e. The van der Waals surface area contributed by atoms with Gasteiger partial charge in [0.2, 0.25) is 0 Å². The van der Waals surface area contributed by atoms with Crippen LogP contribution in [0, 0.1) is 16.7 Å². The van der Waals surface area contributed by atoms with Crippen molar-refractivity contribution in [1.82, 2.24) is 10.6 Å². The molecule has 5 nitrogen and oxygen atoms in total. The fourth-order valence-corrected chi connectivity index (χ4v) is 3.48. The standard InChI is InChI=1S/C20H30N4O.HI/c1-3-22-19(23-15-18-8-6-7-17(13-18)14-21)24-16-20(11-12-25-2)9-4-5-10-20;/h6-8,13H,3-5,9-12,15-16H2,1-2H3,(H2,22,23,24);1H. The molecule has 0 unspecified atom stereocenters. The lowest BCUT2D eigenvalue weighted by atomic mass is 9.83. The Balaban J connectivity index is 0.00000338. The second kappa shape index (κ2) is 12.1. The molecule has 0 atom stereocenters. The lowest BCUT2D eigenvalue weighted by molar-refractivity contribution is 0.138. The molecular formula is C20H31IN4O.